The third kappa shape index (κ3) is 5.15. The van der Waals surface area contributed by atoms with Gasteiger partial charge in [0.05, 0.1) is 12.0 Å². The van der Waals surface area contributed by atoms with Gasteiger partial charge in [0.2, 0.25) is 0 Å². The number of carbonyl (C=O) groups excluding carboxylic acids is 1. The molecule has 2 heterocycles. The second kappa shape index (κ2) is 10.5. The summed E-state index contributed by atoms with van der Waals surface area (Å²) >= 11 is 0. The van der Waals surface area contributed by atoms with Crippen LogP contribution in [0.2, 0.25) is 0 Å². The second-order valence-electron chi connectivity index (χ2n) is 9.04. The summed E-state index contributed by atoms with van der Waals surface area (Å²) in [5.41, 5.74) is 6.52. The first-order valence-electron chi connectivity index (χ1n) is 12.2. The Labute approximate surface area is 211 Å². The molecule has 0 spiro atoms. The summed E-state index contributed by atoms with van der Waals surface area (Å²) < 4.78 is 7.37. The first-order chi connectivity index (χ1) is 17.6. The van der Waals surface area contributed by atoms with Gasteiger partial charge >= 0.3 is 0 Å². The maximum Gasteiger partial charge on any atom is 0.272 e. The molecule has 0 radical (unpaired) electrons. The fourth-order valence-corrected chi connectivity index (χ4v) is 4.43. The zero-order valence-corrected chi connectivity index (χ0v) is 20.6. The van der Waals surface area contributed by atoms with Gasteiger partial charge in [-0.1, -0.05) is 78.4 Å². The van der Waals surface area contributed by atoms with Crippen LogP contribution < -0.4 is 0 Å². The molecule has 0 N–H and O–H groups in total. The first kappa shape index (κ1) is 23.4. The van der Waals surface area contributed by atoms with Crippen molar-refractivity contribution in [2.45, 2.75) is 26.8 Å². The van der Waals surface area contributed by atoms with Crippen molar-refractivity contribution in [3.05, 3.63) is 131 Å². The highest BCUT2D eigenvalue weighted by molar-refractivity contribution is 5.94. The maximum absolute atomic E-state index is 14.2. The lowest BCUT2D eigenvalue weighted by Gasteiger charge is -2.23. The van der Waals surface area contributed by atoms with Crippen molar-refractivity contribution >= 4 is 5.91 Å². The summed E-state index contributed by atoms with van der Waals surface area (Å²) in [4.78, 5) is 16.1. The van der Waals surface area contributed by atoms with E-state index in [0.29, 0.717) is 30.2 Å². The molecule has 1 amide bonds. The highest BCUT2D eigenvalue weighted by Crippen LogP contribution is 2.25. The highest BCUT2D eigenvalue weighted by atomic mass is 16.3. The van der Waals surface area contributed by atoms with E-state index in [9.17, 15) is 4.79 Å². The standard InChI is InChI=1S/C31H29N3O2/c1-23-15-16-28(24(2)20-23)34-29(21-27(32-34)30-14-9-19-36-30)31(35)33(22-26-12-7-4-8-13-26)18-17-25-10-5-3-6-11-25/h3-16,19-21H,17-18,22H2,1-2H3. The number of hydrogen-bond donors (Lipinski definition) is 0. The summed E-state index contributed by atoms with van der Waals surface area (Å²) in [5.74, 6) is 0.562. The second-order valence-corrected chi connectivity index (χ2v) is 9.04. The van der Waals surface area contributed by atoms with Crippen molar-refractivity contribution in [1.82, 2.24) is 14.7 Å². The molecule has 0 fully saturated rings. The Bertz CT molecular complexity index is 1440. The molecular formula is C31H29N3O2. The number of aryl methyl sites for hydroxylation is 2. The van der Waals surface area contributed by atoms with Crippen molar-refractivity contribution in [3.8, 4) is 17.1 Å². The van der Waals surface area contributed by atoms with Gasteiger partial charge in [-0.3, -0.25) is 4.79 Å². The van der Waals surface area contributed by atoms with Crippen LogP contribution in [0.3, 0.4) is 0 Å². The van der Waals surface area contributed by atoms with Crippen molar-refractivity contribution in [3.63, 3.8) is 0 Å². The number of carbonyl (C=O) groups is 1. The van der Waals surface area contributed by atoms with Gasteiger partial charge in [0.25, 0.3) is 5.91 Å². The molecule has 0 aliphatic carbocycles. The quantitative estimate of drug-likeness (QED) is 0.253. The Morgan fingerprint density at radius 1 is 0.861 bits per heavy atom. The van der Waals surface area contributed by atoms with Gasteiger partial charge in [-0.2, -0.15) is 5.10 Å². The summed E-state index contributed by atoms with van der Waals surface area (Å²) in [5, 5.41) is 4.82. The van der Waals surface area contributed by atoms with Gasteiger partial charge < -0.3 is 9.32 Å². The Kier molecular flexibility index (Phi) is 6.80. The Morgan fingerprint density at radius 2 is 1.58 bits per heavy atom. The van der Waals surface area contributed by atoms with E-state index < -0.39 is 0 Å². The smallest absolute Gasteiger partial charge is 0.272 e. The molecule has 0 aliphatic heterocycles. The van der Waals surface area contributed by atoms with Gasteiger partial charge in [-0.25, -0.2) is 4.68 Å². The summed E-state index contributed by atoms with van der Waals surface area (Å²) in [6, 6.07) is 32.1. The van der Waals surface area contributed by atoms with E-state index in [2.05, 4.69) is 37.3 Å². The topological polar surface area (TPSA) is 51.3 Å². The number of benzene rings is 3. The van der Waals surface area contributed by atoms with Crippen LogP contribution in [0.1, 0.15) is 32.7 Å². The van der Waals surface area contributed by atoms with Gasteiger partial charge in [0.15, 0.2) is 5.76 Å². The summed E-state index contributed by atoms with van der Waals surface area (Å²) in [6.45, 7) is 5.21. The van der Waals surface area contributed by atoms with E-state index >= 15 is 0 Å². The fraction of sp³-hybridized carbons (Fsp3) is 0.161. The van der Waals surface area contributed by atoms with Crippen molar-refractivity contribution in [2.75, 3.05) is 6.54 Å². The molecule has 5 aromatic rings. The van der Waals surface area contributed by atoms with Crippen LogP contribution in [0.15, 0.2) is 108 Å². The molecule has 0 saturated carbocycles. The summed E-state index contributed by atoms with van der Waals surface area (Å²) in [7, 11) is 0. The van der Waals surface area contributed by atoms with Crippen LogP contribution in [0.25, 0.3) is 17.1 Å². The average molecular weight is 476 g/mol. The number of furan rings is 1. The zero-order chi connectivity index (χ0) is 24.9. The molecule has 0 saturated heterocycles. The Hall–Kier alpha value is -4.38. The minimum Gasteiger partial charge on any atom is -0.463 e. The molecular weight excluding hydrogens is 446 g/mol. The molecule has 5 nitrogen and oxygen atoms in total. The lowest BCUT2D eigenvalue weighted by atomic mass is 10.1. The molecule has 5 heteroatoms. The molecule has 36 heavy (non-hydrogen) atoms. The Balaban J connectivity index is 1.55. The number of hydrogen-bond acceptors (Lipinski definition) is 3. The molecule has 0 bridgehead atoms. The van der Waals surface area contributed by atoms with Crippen LogP contribution in [0.4, 0.5) is 0 Å². The van der Waals surface area contributed by atoms with Gasteiger partial charge in [0, 0.05) is 19.2 Å². The first-order valence-corrected chi connectivity index (χ1v) is 12.2. The molecule has 2 aromatic heterocycles. The van der Waals surface area contributed by atoms with E-state index in [1.54, 1.807) is 10.9 Å². The van der Waals surface area contributed by atoms with Crippen molar-refractivity contribution < 1.29 is 9.21 Å². The van der Waals surface area contributed by atoms with E-state index in [1.807, 2.05) is 78.6 Å². The fourth-order valence-electron chi connectivity index (χ4n) is 4.43. The SMILES string of the molecule is Cc1ccc(-n2nc(-c3ccco3)cc2C(=O)N(CCc2ccccc2)Cc2ccccc2)c(C)c1. The normalized spacial score (nSPS) is 10.9. The average Bonchev–Trinajstić information content (AvgIpc) is 3.58. The van der Waals surface area contributed by atoms with Crippen LogP contribution in [0, 0.1) is 13.8 Å². The third-order valence-electron chi connectivity index (χ3n) is 6.30. The van der Waals surface area contributed by atoms with Gasteiger partial charge in [-0.05, 0) is 55.2 Å². The number of aromatic nitrogens is 2. The van der Waals surface area contributed by atoms with Crippen LogP contribution in [0.5, 0.6) is 0 Å². The molecule has 0 atom stereocenters. The molecule has 180 valence electrons. The van der Waals surface area contributed by atoms with Crippen LogP contribution in [-0.2, 0) is 13.0 Å². The monoisotopic (exact) mass is 475 g/mol. The minimum absolute atomic E-state index is 0.0694. The van der Waals surface area contributed by atoms with E-state index in [1.165, 1.54) is 5.56 Å². The third-order valence-corrected chi connectivity index (χ3v) is 6.30. The van der Waals surface area contributed by atoms with Gasteiger partial charge in [0.1, 0.15) is 11.4 Å². The van der Waals surface area contributed by atoms with E-state index in [4.69, 9.17) is 9.52 Å². The van der Waals surface area contributed by atoms with Crippen molar-refractivity contribution in [2.24, 2.45) is 0 Å². The highest BCUT2D eigenvalue weighted by Gasteiger charge is 2.24. The largest absolute Gasteiger partial charge is 0.463 e. The van der Waals surface area contributed by atoms with E-state index in [0.717, 1.165) is 28.8 Å². The number of nitrogens with zero attached hydrogens (tertiary/aromatic N) is 3. The van der Waals surface area contributed by atoms with Crippen LogP contribution in [-0.4, -0.2) is 27.1 Å². The Morgan fingerprint density at radius 3 is 2.25 bits per heavy atom. The zero-order valence-electron chi connectivity index (χ0n) is 20.6. The van der Waals surface area contributed by atoms with Gasteiger partial charge in [-0.15, -0.1) is 0 Å². The lowest BCUT2D eigenvalue weighted by Crippen LogP contribution is -2.34. The van der Waals surface area contributed by atoms with Crippen LogP contribution >= 0.6 is 0 Å². The molecule has 0 aliphatic rings. The molecule has 0 unspecified atom stereocenters. The maximum atomic E-state index is 14.2. The number of rotatable bonds is 8. The minimum atomic E-state index is -0.0694. The predicted octanol–water partition coefficient (Wildman–Crippen LogP) is 6.63. The van der Waals surface area contributed by atoms with E-state index in [-0.39, 0.29) is 5.91 Å². The molecule has 3 aromatic carbocycles. The molecule has 5 rings (SSSR count). The number of amides is 1. The lowest BCUT2D eigenvalue weighted by molar-refractivity contribution is 0.0736. The summed E-state index contributed by atoms with van der Waals surface area (Å²) in [6.07, 6.45) is 2.39. The predicted molar refractivity (Wildman–Crippen MR) is 142 cm³/mol. The van der Waals surface area contributed by atoms with Crippen molar-refractivity contribution in [1.29, 1.82) is 0 Å².